The Morgan fingerprint density at radius 2 is 2.18 bits per heavy atom. The number of hydrogen-bond acceptors (Lipinski definition) is 2. The summed E-state index contributed by atoms with van der Waals surface area (Å²) in [6.07, 6.45) is 1.82. The van der Waals surface area contributed by atoms with Crippen LogP contribution in [0, 0.1) is 5.82 Å². The zero-order chi connectivity index (χ0) is 8.43. The van der Waals surface area contributed by atoms with Gasteiger partial charge in [-0.05, 0) is 28.3 Å². The molecule has 0 aliphatic heterocycles. The van der Waals surface area contributed by atoms with E-state index in [0.29, 0.717) is 9.37 Å². The average Bonchev–Trinajstić information content (AvgIpc) is 1.97. The Kier molecular flexibility index (Phi) is 2.78. The molecule has 1 aromatic carbocycles. The largest absolute Gasteiger partial charge is 0.507 e. The summed E-state index contributed by atoms with van der Waals surface area (Å²) in [6.45, 7) is 0. The van der Waals surface area contributed by atoms with E-state index in [0.717, 1.165) is 6.07 Å². The summed E-state index contributed by atoms with van der Waals surface area (Å²) in [6, 6.07) is 2.64. The van der Waals surface area contributed by atoms with Crippen molar-refractivity contribution in [3.05, 3.63) is 22.4 Å². The van der Waals surface area contributed by atoms with Crippen molar-refractivity contribution in [2.75, 3.05) is 6.26 Å². The number of benzene rings is 1. The Bertz CT molecular complexity index is 277. The summed E-state index contributed by atoms with van der Waals surface area (Å²) < 4.78 is 13.1. The second-order valence-electron chi connectivity index (χ2n) is 1.94. The van der Waals surface area contributed by atoms with E-state index in [1.807, 2.05) is 6.26 Å². The Morgan fingerprint density at radius 3 is 2.73 bits per heavy atom. The molecule has 0 heterocycles. The van der Waals surface area contributed by atoms with Gasteiger partial charge in [0.25, 0.3) is 0 Å². The molecule has 0 atom stereocenters. The topological polar surface area (TPSA) is 20.2 Å². The minimum Gasteiger partial charge on any atom is -0.507 e. The minimum atomic E-state index is -0.444. The summed E-state index contributed by atoms with van der Waals surface area (Å²) in [5.41, 5.74) is 0. The van der Waals surface area contributed by atoms with E-state index in [-0.39, 0.29) is 5.75 Å². The Hall–Kier alpha value is -0.220. The first-order valence-electron chi connectivity index (χ1n) is 2.87. The lowest BCUT2D eigenvalue weighted by Crippen LogP contribution is -1.79. The van der Waals surface area contributed by atoms with E-state index in [2.05, 4.69) is 15.9 Å². The van der Waals surface area contributed by atoms with E-state index in [1.54, 1.807) is 6.07 Å². The summed E-state index contributed by atoms with van der Waals surface area (Å²) in [4.78, 5) is 0.665. The number of rotatable bonds is 1. The monoisotopic (exact) mass is 236 g/mol. The van der Waals surface area contributed by atoms with Crippen LogP contribution in [0.5, 0.6) is 5.75 Å². The molecule has 0 unspecified atom stereocenters. The number of thioether (sulfide) groups is 1. The van der Waals surface area contributed by atoms with Gasteiger partial charge in [0.15, 0.2) is 0 Å². The van der Waals surface area contributed by atoms with Crippen LogP contribution in [0.15, 0.2) is 21.5 Å². The first-order chi connectivity index (χ1) is 5.15. The molecular weight excluding hydrogens is 231 g/mol. The molecule has 11 heavy (non-hydrogen) atoms. The van der Waals surface area contributed by atoms with Crippen molar-refractivity contribution < 1.29 is 9.50 Å². The first-order valence-corrected chi connectivity index (χ1v) is 4.89. The van der Waals surface area contributed by atoms with Gasteiger partial charge in [-0.3, -0.25) is 0 Å². The standard InChI is InChI=1S/C7H6BrFOS/c1-11-7-2-4(8)5(9)3-6(7)10/h2-3,10H,1H3. The molecule has 1 aromatic rings. The normalized spacial score (nSPS) is 10.1. The van der Waals surface area contributed by atoms with Crippen LogP contribution in [0.3, 0.4) is 0 Å². The minimum absolute atomic E-state index is 0.0156. The molecule has 0 fully saturated rings. The molecule has 0 aliphatic carbocycles. The molecule has 0 bridgehead atoms. The van der Waals surface area contributed by atoms with Gasteiger partial charge in [-0.2, -0.15) is 0 Å². The molecule has 1 N–H and O–H groups in total. The van der Waals surface area contributed by atoms with Gasteiger partial charge in [0.05, 0.1) is 9.37 Å². The highest BCUT2D eigenvalue weighted by Crippen LogP contribution is 2.31. The van der Waals surface area contributed by atoms with Crippen molar-refractivity contribution in [3.8, 4) is 5.75 Å². The third kappa shape index (κ3) is 1.87. The summed E-state index contributed by atoms with van der Waals surface area (Å²) in [7, 11) is 0. The Morgan fingerprint density at radius 1 is 1.55 bits per heavy atom. The molecule has 0 radical (unpaired) electrons. The van der Waals surface area contributed by atoms with Crippen LogP contribution in [0.2, 0.25) is 0 Å². The molecule has 1 nitrogen and oxygen atoms in total. The van der Waals surface area contributed by atoms with Gasteiger partial charge >= 0.3 is 0 Å². The van der Waals surface area contributed by atoms with Gasteiger partial charge in [0.2, 0.25) is 0 Å². The van der Waals surface area contributed by atoms with Gasteiger partial charge in [-0.15, -0.1) is 11.8 Å². The number of hydrogen-bond donors (Lipinski definition) is 1. The van der Waals surface area contributed by atoms with Crippen molar-refractivity contribution in [2.24, 2.45) is 0 Å². The summed E-state index contributed by atoms with van der Waals surface area (Å²) in [5.74, 6) is -0.460. The molecule has 0 saturated heterocycles. The van der Waals surface area contributed by atoms with E-state index in [4.69, 9.17) is 5.11 Å². The van der Waals surface area contributed by atoms with Gasteiger partial charge < -0.3 is 5.11 Å². The SMILES string of the molecule is CSc1cc(Br)c(F)cc1O. The van der Waals surface area contributed by atoms with Crippen LogP contribution in [-0.2, 0) is 0 Å². The smallest absolute Gasteiger partial charge is 0.141 e. The molecule has 0 aliphatic rings. The summed E-state index contributed by atoms with van der Waals surface area (Å²) in [5, 5.41) is 9.13. The third-order valence-corrected chi connectivity index (χ3v) is 2.60. The highest BCUT2D eigenvalue weighted by molar-refractivity contribution is 9.10. The van der Waals surface area contributed by atoms with Gasteiger partial charge in [0.1, 0.15) is 11.6 Å². The van der Waals surface area contributed by atoms with Crippen LogP contribution in [0.1, 0.15) is 0 Å². The molecule has 1 rings (SSSR count). The lowest BCUT2D eigenvalue weighted by molar-refractivity contribution is 0.455. The van der Waals surface area contributed by atoms with Crippen molar-refractivity contribution in [2.45, 2.75) is 4.90 Å². The molecule has 4 heteroatoms. The molecule has 0 saturated carbocycles. The molecular formula is C7H6BrFOS. The van der Waals surface area contributed by atoms with Crippen LogP contribution in [0.4, 0.5) is 4.39 Å². The third-order valence-electron chi connectivity index (χ3n) is 1.22. The van der Waals surface area contributed by atoms with Crippen LogP contribution < -0.4 is 0 Å². The van der Waals surface area contributed by atoms with Crippen molar-refractivity contribution >= 4 is 27.7 Å². The lowest BCUT2D eigenvalue weighted by atomic mass is 10.3. The quantitative estimate of drug-likeness (QED) is 0.757. The molecule has 60 valence electrons. The average molecular weight is 237 g/mol. The van der Waals surface area contributed by atoms with Crippen molar-refractivity contribution in [1.82, 2.24) is 0 Å². The van der Waals surface area contributed by atoms with Gasteiger partial charge in [-0.1, -0.05) is 0 Å². The fourth-order valence-corrected chi connectivity index (χ4v) is 1.68. The number of halogens is 2. The fraction of sp³-hybridized carbons (Fsp3) is 0.143. The zero-order valence-electron chi connectivity index (χ0n) is 5.77. The van der Waals surface area contributed by atoms with E-state index >= 15 is 0 Å². The predicted octanol–water partition coefficient (Wildman–Crippen LogP) is 3.02. The van der Waals surface area contributed by atoms with Crippen LogP contribution in [0.25, 0.3) is 0 Å². The summed E-state index contributed by atoms with van der Waals surface area (Å²) >= 11 is 4.39. The van der Waals surface area contributed by atoms with E-state index in [9.17, 15) is 4.39 Å². The van der Waals surface area contributed by atoms with E-state index in [1.165, 1.54) is 11.8 Å². The van der Waals surface area contributed by atoms with Crippen molar-refractivity contribution in [1.29, 1.82) is 0 Å². The van der Waals surface area contributed by atoms with Crippen LogP contribution >= 0.6 is 27.7 Å². The number of aromatic hydroxyl groups is 1. The maximum Gasteiger partial charge on any atom is 0.141 e. The lowest BCUT2D eigenvalue weighted by Gasteiger charge is -2.01. The predicted molar refractivity (Wildman–Crippen MR) is 47.5 cm³/mol. The second kappa shape index (κ2) is 3.45. The Balaban J connectivity index is 3.21. The highest BCUT2D eigenvalue weighted by atomic mass is 79.9. The highest BCUT2D eigenvalue weighted by Gasteiger charge is 2.05. The van der Waals surface area contributed by atoms with Crippen molar-refractivity contribution in [3.63, 3.8) is 0 Å². The second-order valence-corrected chi connectivity index (χ2v) is 3.64. The maximum atomic E-state index is 12.7. The first kappa shape index (κ1) is 8.87. The van der Waals surface area contributed by atoms with Crippen LogP contribution in [-0.4, -0.2) is 11.4 Å². The maximum absolute atomic E-state index is 12.7. The number of phenolic OH excluding ortho intramolecular Hbond substituents is 1. The molecule has 0 spiro atoms. The number of phenols is 1. The van der Waals surface area contributed by atoms with Gasteiger partial charge in [0, 0.05) is 6.07 Å². The molecule has 0 aromatic heterocycles. The van der Waals surface area contributed by atoms with Gasteiger partial charge in [-0.25, -0.2) is 4.39 Å². The fourth-order valence-electron chi connectivity index (χ4n) is 0.682. The zero-order valence-corrected chi connectivity index (χ0v) is 8.17. The van der Waals surface area contributed by atoms with E-state index < -0.39 is 5.82 Å². The Labute approximate surface area is 76.7 Å². The molecule has 0 amide bonds.